The number of rotatable bonds is 0. The van der Waals surface area contributed by atoms with E-state index in [0.717, 1.165) is 15.4 Å². The van der Waals surface area contributed by atoms with E-state index >= 15 is 0 Å². The van der Waals surface area contributed by atoms with Crippen molar-refractivity contribution in [3.8, 4) is 0 Å². The average molecular weight is 280 g/mol. The van der Waals surface area contributed by atoms with Gasteiger partial charge in [0.2, 0.25) is 0 Å². The molecule has 0 spiro atoms. The normalized spacial score (nSPS) is 11.1. The SMILES string of the molecule is Cn1nc2ccc(Br)c(Cl)c2c1Cl. The third kappa shape index (κ3) is 1.35. The highest BCUT2D eigenvalue weighted by atomic mass is 79.9. The first kappa shape index (κ1) is 9.31. The van der Waals surface area contributed by atoms with E-state index in [1.165, 1.54) is 0 Å². The molecule has 1 aromatic heterocycles. The maximum Gasteiger partial charge on any atom is 0.136 e. The Morgan fingerprint density at radius 3 is 2.77 bits per heavy atom. The predicted molar refractivity (Wildman–Crippen MR) is 58.4 cm³/mol. The molecule has 1 aromatic carbocycles. The highest BCUT2D eigenvalue weighted by Crippen LogP contribution is 2.34. The second-order valence-corrected chi connectivity index (χ2v) is 4.26. The summed E-state index contributed by atoms with van der Waals surface area (Å²) in [6.45, 7) is 0. The number of nitrogens with zero attached hydrogens (tertiary/aromatic N) is 2. The summed E-state index contributed by atoms with van der Waals surface area (Å²) in [6.07, 6.45) is 0. The summed E-state index contributed by atoms with van der Waals surface area (Å²) in [5.74, 6) is 0. The van der Waals surface area contributed by atoms with Crippen molar-refractivity contribution in [2.75, 3.05) is 0 Å². The van der Waals surface area contributed by atoms with Gasteiger partial charge in [-0.15, -0.1) is 0 Å². The monoisotopic (exact) mass is 278 g/mol. The fourth-order valence-electron chi connectivity index (χ4n) is 1.19. The van der Waals surface area contributed by atoms with Crippen molar-refractivity contribution in [1.82, 2.24) is 9.78 Å². The van der Waals surface area contributed by atoms with Crippen LogP contribution in [0.1, 0.15) is 0 Å². The summed E-state index contributed by atoms with van der Waals surface area (Å²) in [4.78, 5) is 0. The van der Waals surface area contributed by atoms with Crippen LogP contribution in [-0.4, -0.2) is 9.78 Å². The summed E-state index contributed by atoms with van der Waals surface area (Å²) in [5.41, 5.74) is 0.806. The van der Waals surface area contributed by atoms with E-state index < -0.39 is 0 Å². The van der Waals surface area contributed by atoms with Crippen LogP contribution in [0.3, 0.4) is 0 Å². The average Bonchev–Trinajstić information content (AvgIpc) is 2.37. The molecule has 0 amide bonds. The zero-order valence-corrected chi connectivity index (χ0v) is 9.78. The summed E-state index contributed by atoms with van der Waals surface area (Å²) < 4.78 is 2.43. The highest BCUT2D eigenvalue weighted by Gasteiger charge is 2.11. The number of hydrogen-bond donors (Lipinski definition) is 0. The van der Waals surface area contributed by atoms with Gasteiger partial charge in [0.05, 0.1) is 15.9 Å². The molecule has 0 bridgehead atoms. The number of aryl methyl sites for hydroxylation is 1. The zero-order valence-electron chi connectivity index (χ0n) is 6.68. The molecule has 0 atom stereocenters. The number of halogens is 3. The van der Waals surface area contributed by atoms with Crippen LogP contribution in [0.2, 0.25) is 10.2 Å². The fourth-order valence-corrected chi connectivity index (χ4v) is 2.04. The smallest absolute Gasteiger partial charge is 0.136 e. The molecule has 0 aliphatic heterocycles. The minimum atomic E-state index is 0.557. The third-order valence-corrected chi connectivity index (χ3v) is 3.54. The van der Waals surface area contributed by atoms with E-state index in [4.69, 9.17) is 23.2 Å². The Hall–Kier alpha value is -0.250. The molecular formula is C8H5BrCl2N2. The first-order valence-corrected chi connectivity index (χ1v) is 5.12. The second kappa shape index (κ2) is 3.15. The molecule has 0 fully saturated rings. The summed E-state index contributed by atoms with van der Waals surface area (Å²) in [6, 6.07) is 3.73. The molecule has 0 aliphatic rings. The molecular weight excluding hydrogens is 275 g/mol. The lowest BCUT2D eigenvalue weighted by atomic mass is 10.2. The van der Waals surface area contributed by atoms with Crippen LogP contribution in [0.15, 0.2) is 16.6 Å². The van der Waals surface area contributed by atoms with E-state index in [2.05, 4.69) is 21.0 Å². The molecule has 13 heavy (non-hydrogen) atoms. The summed E-state index contributed by atoms with van der Waals surface area (Å²) >= 11 is 15.4. The topological polar surface area (TPSA) is 17.8 Å². The first-order chi connectivity index (χ1) is 6.11. The molecule has 0 unspecified atom stereocenters. The van der Waals surface area contributed by atoms with Gasteiger partial charge in [-0.05, 0) is 28.1 Å². The van der Waals surface area contributed by atoms with Gasteiger partial charge in [0.15, 0.2) is 0 Å². The lowest BCUT2D eigenvalue weighted by Gasteiger charge is -1.96. The van der Waals surface area contributed by atoms with Crippen molar-refractivity contribution in [1.29, 1.82) is 0 Å². The van der Waals surface area contributed by atoms with Gasteiger partial charge in [0.1, 0.15) is 5.15 Å². The molecule has 0 saturated heterocycles. The van der Waals surface area contributed by atoms with Gasteiger partial charge in [0.25, 0.3) is 0 Å². The van der Waals surface area contributed by atoms with E-state index in [1.54, 1.807) is 11.7 Å². The number of benzene rings is 1. The number of aromatic nitrogens is 2. The molecule has 5 heteroatoms. The molecule has 0 aliphatic carbocycles. The minimum absolute atomic E-state index is 0.557. The van der Waals surface area contributed by atoms with Crippen molar-refractivity contribution in [2.24, 2.45) is 7.05 Å². The summed E-state index contributed by atoms with van der Waals surface area (Å²) in [7, 11) is 1.78. The standard InChI is InChI=1S/C8H5BrCl2N2/c1-13-8(11)6-5(12-13)3-2-4(9)7(6)10/h2-3H,1H3. The Labute approximate surface area is 93.6 Å². The Bertz CT molecular complexity index is 478. The van der Waals surface area contributed by atoms with Gasteiger partial charge >= 0.3 is 0 Å². The van der Waals surface area contributed by atoms with Gasteiger partial charge < -0.3 is 0 Å². The largest absolute Gasteiger partial charge is 0.256 e. The quantitative estimate of drug-likeness (QED) is 0.720. The number of fused-ring (bicyclic) bond motifs is 1. The van der Waals surface area contributed by atoms with E-state index in [-0.39, 0.29) is 0 Å². The third-order valence-electron chi connectivity index (χ3n) is 1.82. The maximum atomic E-state index is 6.06. The van der Waals surface area contributed by atoms with Crippen LogP contribution in [0.4, 0.5) is 0 Å². The van der Waals surface area contributed by atoms with E-state index in [0.29, 0.717) is 10.2 Å². The molecule has 0 saturated carbocycles. The molecule has 2 aromatic rings. The Balaban J connectivity index is 2.97. The van der Waals surface area contributed by atoms with Crippen LogP contribution in [-0.2, 0) is 7.05 Å². The molecule has 0 N–H and O–H groups in total. The molecule has 68 valence electrons. The predicted octanol–water partition coefficient (Wildman–Crippen LogP) is 3.64. The van der Waals surface area contributed by atoms with Crippen molar-refractivity contribution >= 4 is 50.0 Å². The van der Waals surface area contributed by atoms with Crippen LogP contribution in [0.25, 0.3) is 10.9 Å². The lowest BCUT2D eigenvalue weighted by molar-refractivity contribution is 0.780. The van der Waals surface area contributed by atoms with Gasteiger partial charge in [0, 0.05) is 11.5 Å². The number of hydrogen-bond acceptors (Lipinski definition) is 1. The van der Waals surface area contributed by atoms with Gasteiger partial charge in [-0.25, -0.2) is 0 Å². The second-order valence-electron chi connectivity index (χ2n) is 2.67. The van der Waals surface area contributed by atoms with Crippen LogP contribution in [0, 0.1) is 0 Å². The Morgan fingerprint density at radius 2 is 2.08 bits per heavy atom. The fraction of sp³-hybridized carbons (Fsp3) is 0.125. The molecule has 2 rings (SSSR count). The minimum Gasteiger partial charge on any atom is -0.256 e. The van der Waals surface area contributed by atoms with Gasteiger partial charge in [-0.1, -0.05) is 23.2 Å². The lowest BCUT2D eigenvalue weighted by Crippen LogP contribution is -1.87. The van der Waals surface area contributed by atoms with Crippen molar-refractivity contribution in [3.63, 3.8) is 0 Å². The first-order valence-electron chi connectivity index (χ1n) is 3.57. The Kier molecular flexibility index (Phi) is 2.26. The van der Waals surface area contributed by atoms with Crippen LogP contribution in [0.5, 0.6) is 0 Å². The molecule has 2 nitrogen and oxygen atoms in total. The van der Waals surface area contributed by atoms with Crippen molar-refractivity contribution in [3.05, 3.63) is 26.8 Å². The van der Waals surface area contributed by atoms with Crippen molar-refractivity contribution < 1.29 is 0 Å². The highest BCUT2D eigenvalue weighted by molar-refractivity contribution is 9.10. The van der Waals surface area contributed by atoms with Gasteiger partial charge in [-0.2, -0.15) is 5.10 Å². The van der Waals surface area contributed by atoms with Crippen molar-refractivity contribution in [2.45, 2.75) is 0 Å². The van der Waals surface area contributed by atoms with E-state index in [9.17, 15) is 0 Å². The van der Waals surface area contributed by atoms with Crippen LogP contribution < -0.4 is 0 Å². The van der Waals surface area contributed by atoms with E-state index in [1.807, 2.05) is 12.1 Å². The molecule has 0 radical (unpaired) electrons. The maximum absolute atomic E-state index is 6.06. The van der Waals surface area contributed by atoms with Crippen LogP contribution >= 0.6 is 39.1 Å². The Morgan fingerprint density at radius 1 is 1.38 bits per heavy atom. The summed E-state index contributed by atoms with van der Waals surface area (Å²) in [5, 5.41) is 6.15. The zero-order chi connectivity index (χ0) is 9.59. The van der Waals surface area contributed by atoms with Gasteiger partial charge in [-0.3, -0.25) is 4.68 Å². The molecule has 1 heterocycles.